The van der Waals surface area contributed by atoms with Crippen LogP contribution in [0.4, 0.5) is 5.82 Å². The molecule has 30 heteroatoms. The van der Waals surface area contributed by atoms with Gasteiger partial charge >= 0.3 is 23.5 Å². The first-order valence-corrected chi connectivity index (χ1v) is 24.3. The van der Waals surface area contributed by atoms with E-state index in [4.69, 9.17) is 24.3 Å². The van der Waals surface area contributed by atoms with Gasteiger partial charge in [-0.1, -0.05) is 43.3 Å². The minimum Gasteiger partial charge on any atom is -0.493 e. The second-order valence-corrected chi connectivity index (χ2v) is 20.0. The lowest BCUT2D eigenvalue weighted by Crippen LogP contribution is -2.46. The standard InChI is InChI=1S/C33H50N7O19P3S/c1-19-4-6-21(7-5-19)54-12-9-20(41)14-24(43)63-13-11-35-23(42)8-10-36-31(46)28(45)33(2,3)16-56-62(52,53)59-61(50,51)55-15-22-27(58-60(47,48)49)26(44)32(57-22)40-18-39-25-29(34)37-17-38-30(25)40/h4-7,17-18,20,22,26-28,32,41,44-45H,8-16H2,1-3H3,(H,35,42)(H,36,46)(H,50,51)(H,52,53)(H2,34,37,38)(H2,47,48,49)/t20-,22-,26-,27-,28+,32-/m1/s1. The van der Waals surface area contributed by atoms with E-state index in [9.17, 15) is 63.0 Å². The Morgan fingerprint density at radius 3 is 2.37 bits per heavy atom. The van der Waals surface area contributed by atoms with Crippen molar-refractivity contribution in [1.82, 2.24) is 30.2 Å². The molecule has 0 saturated carbocycles. The molecule has 1 saturated heterocycles. The number of benzene rings is 1. The van der Waals surface area contributed by atoms with Crippen molar-refractivity contribution in [2.45, 2.75) is 76.8 Å². The first-order valence-electron chi connectivity index (χ1n) is 18.8. The number of phosphoric ester groups is 3. The van der Waals surface area contributed by atoms with Crippen molar-refractivity contribution in [3.63, 3.8) is 0 Å². The molecule has 2 amide bonds. The summed E-state index contributed by atoms with van der Waals surface area (Å²) in [6.07, 6.45) is -7.80. The zero-order chi connectivity index (χ0) is 46.8. The molecule has 0 radical (unpaired) electrons. The van der Waals surface area contributed by atoms with Crippen LogP contribution in [0.1, 0.15) is 44.9 Å². The van der Waals surface area contributed by atoms with E-state index in [1.54, 1.807) is 0 Å². The van der Waals surface area contributed by atoms with Gasteiger partial charge in [-0.15, -0.1) is 0 Å². The maximum absolute atomic E-state index is 12.7. The SMILES string of the molecule is Cc1ccc(OCC[C@@H](O)CC(=O)SCCNC(=O)CCNC(=O)[C@H](O)C(C)(C)COP(=O)(O)OP(=O)(O)OC[C@H]2O[C@@H](n3cnc4c(N)ncnc43)[C@H](O)[C@@H]2OP(=O)(O)O)cc1. The van der Waals surface area contributed by atoms with Gasteiger partial charge in [0.25, 0.3) is 0 Å². The number of nitrogen functional groups attached to an aromatic ring is 1. The van der Waals surface area contributed by atoms with Crippen molar-refractivity contribution in [3.05, 3.63) is 42.5 Å². The minimum absolute atomic E-state index is 0.0230. The number of aromatic nitrogens is 4. The van der Waals surface area contributed by atoms with Gasteiger partial charge in [0, 0.05) is 43.5 Å². The van der Waals surface area contributed by atoms with Crippen LogP contribution < -0.4 is 21.1 Å². The Kier molecular flexibility index (Phi) is 18.7. The number of hydrogen-bond donors (Lipinski definition) is 10. The number of nitrogens with zero attached hydrogens (tertiary/aromatic N) is 4. The Hall–Kier alpha value is -3.46. The van der Waals surface area contributed by atoms with E-state index >= 15 is 0 Å². The van der Waals surface area contributed by atoms with Crippen molar-refractivity contribution >= 4 is 69.1 Å². The number of carbonyl (C=O) groups is 3. The summed E-state index contributed by atoms with van der Waals surface area (Å²) in [7, 11) is -16.5. The van der Waals surface area contributed by atoms with E-state index in [2.05, 4.69) is 34.4 Å². The third-order valence-corrected chi connectivity index (χ3v) is 12.9. The number of aliphatic hydroxyl groups is 3. The number of amides is 2. The van der Waals surface area contributed by atoms with E-state index in [1.165, 1.54) is 13.8 Å². The number of fused-ring (bicyclic) bond motifs is 1. The molecule has 4 rings (SSSR count). The second kappa shape index (κ2) is 22.6. The number of carbonyl (C=O) groups excluding carboxylic acids is 3. The van der Waals surface area contributed by atoms with E-state index in [-0.39, 0.29) is 66.8 Å². The quantitative estimate of drug-likeness (QED) is 0.0400. The first-order chi connectivity index (χ1) is 29.4. The van der Waals surface area contributed by atoms with E-state index in [0.717, 1.165) is 34.5 Å². The van der Waals surface area contributed by atoms with Gasteiger partial charge in [-0.3, -0.25) is 32.5 Å². The number of nitrogens with two attached hydrogens (primary N) is 1. The molecule has 8 atom stereocenters. The zero-order valence-corrected chi connectivity index (χ0v) is 37.4. The van der Waals surface area contributed by atoms with Gasteiger partial charge in [-0.2, -0.15) is 4.31 Å². The number of hydrogen-bond acceptors (Lipinski definition) is 20. The van der Waals surface area contributed by atoms with Crippen LogP contribution in [0, 0.1) is 12.3 Å². The predicted molar refractivity (Wildman–Crippen MR) is 219 cm³/mol. The molecule has 2 unspecified atom stereocenters. The molecule has 2 aromatic heterocycles. The van der Waals surface area contributed by atoms with Crippen LogP contribution in [0.3, 0.4) is 0 Å². The molecular formula is C33H50N7O19P3S. The molecule has 11 N–H and O–H groups in total. The zero-order valence-electron chi connectivity index (χ0n) is 33.9. The Balaban J connectivity index is 1.15. The Labute approximate surface area is 363 Å². The second-order valence-electron chi connectivity index (χ2n) is 14.6. The normalized spacial score (nSPS) is 21.0. The number of imidazole rings is 1. The first kappa shape index (κ1) is 52.2. The summed E-state index contributed by atoms with van der Waals surface area (Å²) in [6, 6.07) is 7.40. The fourth-order valence-corrected chi connectivity index (χ4v) is 9.17. The van der Waals surface area contributed by atoms with Gasteiger partial charge in [0.1, 0.15) is 42.0 Å². The molecule has 1 fully saturated rings. The summed E-state index contributed by atoms with van der Waals surface area (Å²) in [5, 5.41) is 36.3. The van der Waals surface area contributed by atoms with Gasteiger partial charge in [-0.25, -0.2) is 28.6 Å². The lowest BCUT2D eigenvalue weighted by molar-refractivity contribution is -0.137. The highest BCUT2D eigenvalue weighted by molar-refractivity contribution is 8.13. The van der Waals surface area contributed by atoms with Gasteiger partial charge < -0.3 is 60.7 Å². The van der Waals surface area contributed by atoms with Gasteiger partial charge in [0.05, 0.1) is 32.3 Å². The lowest BCUT2D eigenvalue weighted by Gasteiger charge is -2.30. The number of aliphatic hydroxyl groups excluding tert-OH is 3. The molecule has 3 aromatic rings. The van der Waals surface area contributed by atoms with Crippen molar-refractivity contribution in [2.75, 3.05) is 44.4 Å². The van der Waals surface area contributed by atoms with Crippen LogP contribution >= 0.6 is 35.2 Å². The van der Waals surface area contributed by atoms with Crippen molar-refractivity contribution in [3.8, 4) is 5.75 Å². The molecular weight excluding hydrogens is 923 g/mol. The van der Waals surface area contributed by atoms with Crippen LogP contribution in [0.15, 0.2) is 36.9 Å². The topological polar surface area (TPSA) is 393 Å². The smallest absolute Gasteiger partial charge is 0.481 e. The number of anilines is 1. The third-order valence-electron chi connectivity index (χ3n) is 8.91. The molecule has 0 bridgehead atoms. The number of nitrogens with one attached hydrogen (secondary N) is 2. The van der Waals surface area contributed by atoms with E-state index in [1.807, 2.05) is 31.2 Å². The highest BCUT2D eigenvalue weighted by atomic mass is 32.2. The van der Waals surface area contributed by atoms with Crippen molar-refractivity contribution in [1.29, 1.82) is 0 Å². The van der Waals surface area contributed by atoms with Crippen LogP contribution in [-0.2, 0) is 50.7 Å². The van der Waals surface area contributed by atoms with E-state index < -0.39 is 90.7 Å². The fourth-order valence-electron chi connectivity index (χ4n) is 5.60. The summed E-state index contributed by atoms with van der Waals surface area (Å²) in [5.41, 5.74) is 5.30. The maximum atomic E-state index is 12.7. The monoisotopic (exact) mass is 973 g/mol. The Bertz CT molecular complexity index is 2180. The Morgan fingerprint density at radius 1 is 1.00 bits per heavy atom. The predicted octanol–water partition coefficient (Wildman–Crippen LogP) is 0.193. The minimum atomic E-state index is -5.59. The molecule has 0 aliphatic carbocycles. The Morgan fingerprint density at radius 2 is 1.68 bits per heavy atom. The van der Waals surface area contributed by atoms with Crippen molar-refractivity contribution < 1.29 is 90.3 Å². The highest BCUT2D eigenvalue weighted by Gasteiger charge is 2.50. The summed E-state index contributed by atoms with van der Waals surface area (Å²) in [5.74, 6) is -0.671. The molecule has 26 nitrogen and oxygen atoms in total. The molecule has 352 valence electrons. The largest absolute Gasteiger partial charge is 0.493 e. The van der Waals surface area contributed by atoms with Crippen LogP contribution in [0.25, 0.3) is 11.2 Å². The van der Waals surface area contributed by atoms with E-state index in [0.29, 0.717) is 5.75 Å². The highest BCUT2D eigenvalue weighted by Crippen LogP contribution is 2.61. The third kappa shape index (κ3) is 16.5. The molecule has 1 aliphatic rings. The molecule has 0 spiro atoms. The van der Waals surface area contributed by atoms with Gasteiger partial charge in [-0.05, 0) is 19.1 Å². The van der Waals surface area contributed by atoms with Crippen LogP contribution in [0.5, 0.6) is 5.75 Å². The van der Waals surface area contributed by atoms with Crippen LogP contribution in [-0.4, -0.2) is 141 Å². The molecule has 1 aliphatic heterocycles. The number of aryl methyl sites for hydroxylation is 1. The van der Waals surface area contributed by atoms with Gasteiger partial charge in [0.2, 0.25) is 11.8 Å². The fraction of sp³-hybridized carbons (Fsp3) is 0.576. The average Bonchev–Trinajstić information content (AvgIpc) is 3.75. The molecule has 63 heavy (non-hydrogen) atoms. The van der Waals surface area contributed by atoms with Gasteiger partial charge in [0.15, 0.2) is 22.8 Å². The summed E-state index contributed by atoms with van der Waals surface area (Å²) < 4.78 is 67.8. The number of ether oxygens (including phenoxy) is 2. The number of rotatable bonds is 25. The number of thioether (sulfide) groups is 1. The maximum Gasteiger partial charge on any atom is 0.481 e. The average molecular weight is 974 g/mol. The molecule has 1 aromatic carbocycles. The summed E-state index contributed by atoms with van der Waals surface area (Å²) >= 11 is 0.929. The summed E-state index contributed by atoms with van der Waals surface area (Å²) in [6.45, 7) is 2.46. The summed E-state index contributed by atoms with van der Waals surface area (Å²) in [4.78, 5) is 88.1. The van der Waals surface area contributed by atoms with Crippen LogP contribution in [0.2, 0.25) is 0 Å². The molecule has 3 heterocycles. The number of phosphoric acid groups is 3. The van der Waals surface area contributed by atoms with Crippen molar-refractivity contribution in [2.24, 2.45) is 5.41 Å². The lowest BCUT2D eigenvalue weighted by atomic mass is 9.87.